The minimum atomic E-state index is -0.988. The van der Waals surface area contributed by atoms with Gasteiger partial charge in [0.15, 0.2) is 0 Å². The lowest BCUT2D eigenvalue weighted by Crippen LogP contribution is -2.09. The second-order valence-corrected chi connectivity index (χ2v) is 11.1. The number of imidazole rings is 1. The summed E-state index contributed by atoms with van der Waals surface area (Å²) in [5.41, 5.74) is 6.98. The Kier molecular flexibility index (Phi) is 8.64. The number of fused-ring (bicyclic) bond motifs is 1. The van der Waals surface area contributed by atoms with Crippen LogP contribution < -0.4 is 4.74 Å². The molecule has 0 fully saturated rings. The topological polar surface area (TPSA) is 110 Å². The van der Waals surface area contributed by atoms with Crippen LogP contribution >= 0.6 is 11.3 Å². The molecule has 0 saturated heterocycles. The third kappa shape index (κ3) is 6.45. The molecule has 6 aromatic rings. The first-order valence-corrected chi connectivity index (χ1v) is 15.0. The van der Waals surface area contributed by atoms with Crippen molar-refractivity contribution >= 4 is 28.3 Å². The predicted molar refractivity (Wildman–Crippen MR) is 170 cm³/mol. The number of hydrogen-bond donors (Lipinski definition) is 1. The second kappa shape index (κ2) is 13.1. The van der Waals surface area contributed by atoms with Gasteiger partial charge in [-0.25, -0.2) is 19.2 Å². The number of nitriles is 1. The summed E-state index contributed by atoms with van der Waals surface area (Å²) in [7, 11) is 1.63. The number of aromatic nitrogens is 3. The molecule has 1 N–H and O–H groups in total. The lowest BCUT2D eigenvalue weighted by atomic mass is 9.95. The molecule has 3 aromatic heterocycles. The van der Waals surface area contributed by atoms with E-state index in [0.29, 0.717) is 36.7 Å². The van der Waals surface area contributed by atoms with E-state index in [1.807, 2.05) is 34.2 Å². The van der Waals surface area contributed by atoms with E-state index in [4.69, 9.17) is 19.7 Å². The summed E-state index contributed by atoms with van der Waals surface area (Å²) < 4.78 is 27.6. The summed E-state index contributed by atoms with van der Waals surface area (Å²) in [5, 5.41) is 22.7. The van der Waals surface area contributed by atoms with Crippen LogP contribution in [0, 0.1) is 17.1 Å². The van der Waals surface area contributed by atoms with Gasteiger partial charge >= 0.3 is 5.97 Å². The van der Waals surface area contributed by atoms with Crippen LogP contribution in [0.3, 0.4) is 0 Å². The van der Waals surface area contributed by atoms with E-state index in [9.17, 15) is 14.3 Å². The van der Waals surface area contributed by atoms with Crippen molar-refractivity contribution in [2.75, 3.05) is 13.7 Å². The minimum absolute atomic E-state index is 0.0227. The molecule has 3 heterocycles. The average Bonchev–Trinajstić information content (AvgIpc) is 3.71. The van der Waals surface area contributed by atoms with Gasteiger partial charge in [0.05, 0.1) is 40.5 Å². The van der Waals surface area contributed by atoms with Gasteiger partial charge in [0.25, 0.3) is 0 Å². The molecule has 0 aliphatic heterocycles. The van der Waals surface area contributed by atoms with E-state index < -0.39 is 11.8 Å². The molecule has 0 unspecified atom stereocenters. The number of rotatable bonds is 11. The van der Waals surface area contributed by atoms with E-state index >= 15 is 0 Å². The molecule has 0 saturated carbocycles. The maximum Gasteiger partial charge on any atom is 0.335 e. The number of pyridine rings is 1. The predicted octanol–water partition coefficient (Wildman–Crippen LogP) is 7.35. The number of nitrogens with zero attached hydrogens (tertiary/aromatic N) is 4. The highest BCUT2D eigenvalue weighted by atomic mass is 32.1. The maximum atomic E-state index is 14.4. The third-order valence-electron chi connectivity index (χ3n) is 7.46. The van der Waals surface area contributed by atoms with Crippen LogP contribution in [-0.2, 0) is 24.3 Å². The highest BCUT2D eigenvalue weighted by Gasteiger charge is 2.17. The van der Waals surface area contributed by atoms with Crippen molar-refractivity contribution in [3.63, 3.8) is 0 Å². The number of carboxylic acid groups (broad SMARTS) is 1. The van der Waals surface area contributed by atoms with E-state index in [1.165, 1.54) is 12.1 Å². The van der Waals surface area contributed by atoms with Crippen molar-refractivity contribution in [2.45, 2.75) is 19.6 Å². The van der Waals surface area contributed by atoms with Crippen LogP contribution in [-0.4, -0.2) is 39.3 Å². The SMILES string of the molecule is COCCn1c(Cc2ccc(-c3cccc(OCc4ccc(C#N)cc4F)n3)cc2-c2ccsc2)nc2ccc(C(=O)O)cc21. The minimum Gasteiger partial charge on any atom is -0.478 e. The zero-order valence-electron chi connectivity index (χ0n) is 24.2. The summed E-state index contributed by atoms with van der Waals surface area (Å²) in [4.78, 5) is 21.2. The number of hydrogen-bond acceptors (Lipinski definition) is 7. The Morgan fingerprint density at radius 1 is 1.02 bits per heavy atom. The fraction of sp³-hybridized carbons (Fsp3) is 0.143. The summed E-state index contributed by atoms with van der Waals surface area (Å²) in [5.74, 6) is -0.334. The van der Waals surface area contributed by atoms with Crippen LogP contribution in [0.5, 0.6) is 5.88 Å². The van der Waals surface area contributed by atoms with E-state index in [1.54, 1.807) is 48.8 Å². The Morgan fingerprint density at radius 3 is 2.64 bits per heavy atom. The highest BCUT2D eigenvalue weighted by molar-refractivity contribution is 7.08. The van der Waals surface area contributed by atoms with Gasteiger partial charge in [0.2, 0.25) is 5.88 Å². The number of halogens is 1. The molecular formula is C35H27FN4O4S. The summed E-state index contributed by atoms with van der Waals surface area (Å²) >= 11 is 1.61. The van der Waals surface area contributed by atoms with Crippen molar-refractivity contribution in [2.24, 2.45) is 0 Å². The number of carboxylic acids is 1. The smallest absolute Gasteiger partial charge is 0.335 e. The highest BCUT2D eigenvalue weighted by Crippen LogP contribution is 2.33. The molecule has 6 rings (SSSR count). The molecule has 3 aromatic carbocycles. The van der Waals surface area contributed by atoms with Crippen molar-refractivity contribution in [1.29, 1.82) is 5.26 Å². The maximum absolute atomic E-state index is 14.4. The van der Waals surface area contributed by atoms with Crippen LogP contribution in [0.1, 0.15) is 32.9 Å². The number of benzene rings is 3. The van der Waals surface area contributed by atoms with Crippen molar-refractivity contribution in [3.8, 4) is 34.3 Å². The zero-order chi connectivity index (χ0) is 31.3. The Balaban J connectivity index is 1.32. The van der Waals surface area contributed by atoms with Gasteiger partial charge in [-0.05, 0) is 76.0 Å². The molecule has 0 spiro atoms. The lowest BCUT2D eigenvalue weighted by molar-refractivity contribution is 0.0697. The average molecular weight is 619 g/mol. The molecule has 8 nitrogen and oxygen atoms in total. The van der Waals surface area contributed by atoms with E-state index in [2.05, 4.69) is 28.6 Å². The molecule has 0 bridgehead atoms. The number of aromatic carboxylic acids is 1. The van der Waals surface area contributed by atoms with Crippen LogP contribution in [0.4, 0.5) is 4.39 Å². The standard InChI is InChI=1S/C35H27FN4O4S/c1-43-13-12-40-32-17-25(35(41)42)9-10-31(32)38-33(40)18-23-7-8-24(16-28(23)27-11-14-45-21-27)30-3-2-4-34(39-30)44-20-26-6-5-22(19-37)15-29(26)36/h2-11,14-17,21H,12-13,18,20H2,1H3,(H,41,42). The van der Waals surface area contributed by atoms with Gasteiger partial charge in [-0.3, -0.25) is 0 Å². The van der Waals surface area contributed by atoms with Gasteiger partial charge in [-0.1, -0.05) is 24.3 Å². The first kappa shape index (κ1) is 29.7. The second-order valence-electron chi connectivity index (χ2n) is 10.3. The molecule has 0 atom stereocenters. The Labute approximate surface area is 262 Å². The first-order valence-electron chi connectivity index (χ1n) is 14.1. The van der Waals surface area contributed by atoms with Gasteiger partial charge in [-0.15, -0.1) is 0 Å². The molecule has 0 aliphatic carbocycles. The normalized spacial score (nSPS) is 11.0. The van der Waals surface area contributed by atoms with E-state index in [-0.39, 0.29) is 17.7 Å². The van der Waals surface area contributed by atoms with Gasteiger partial charge < -0.3 is 19.1 Å². The quantitative estimate of drug-likeness (QED) is 0.162. The molecular weight excluding hydrogens is 591 g/mol. The van der Waals surface area contributed by atoms with E-state index in [0.717, 1.165) is 39.1 Å². The number of ether oxygens (including phenoxy) is 2. The Morgan fingerprint density at radius 2 is 1.89 bits per heavy atom. The van der Waals surface area contributed by atoms with Crippen LogP contribution in [0.15, 0.2) is 89.6 Å². The largest absolute Gasteiger partial charge is 0.478 e. The van der Waals surface area contributed by atoms with Crippen molar-refractivity contribution in [3.05, 3.63) is 124 Å². The summed E-state index contributed by atoms with van der Waals surface area (Å²) in [6.45, 7) is 0.958. The number of methoxy groups -OCH3 is 1. The molecule has 45 heavy (non-hydrogen) atoms. The molecule has 10 heteroatoms. The molecule has 224 valence electrons. The molecule has 0 amide bonds. The van der Waals surface area contributed by atoms with Crippen LogP contribution in [0.25, 0.3) is 33.4 Å². The van der Waals surface area contributed by atoms with Crippen LogP contribution in [0.2, 0.25) is 0 Å². The fourth-order valence-electron chi connectivity index (χ4n) is 5.16. The van der Waals surface area contributed by atoms with Crippen molar-refractivity contribution < 1.29 is 23.8 Å². The number of carbonyl (C=O) groups is 1. The molecule has 0 radical (unpaired) electrons. The zero-order valence-corrected chi connectivity index (χ0v) is 25.1. The molecule has 0 aliphatic rings. The summed E-state index contributed by atoms with van der Waals surface area (Å²) in [6.07, 6.45) is 0.513. The van der Waals surface area contributed by atoms with Crippen molar-refractivity contribution in [1.82, 2.24) is 14.5 Å². The van der Waals surface area contributed by atoms with Gasteiger partial charge in [-0.2, -0.15) is 16.6 Å². The fourth-order valence-corrected chi connectivity index (χ4v) is 5.82. The van der Waals surface area contributed by atoms with Gasteiger partial charge in [0.1, 0.15) is 18.2 Å². The Bertz CT molecular complexity index is 2050. The number of thiophene rings is 1. The lowest BCUT2D eigenvalue weighted by Gasteiger charge is -2.14. The summed E-state index contributed by atoms with van der Waals surface area (Å²) in [6, 6.07) is 24.9. The Hall–Kier alpha value is -5.37. The first-order chi connectivity index (χ1) is 21.9. The monoisotopic (exact) mass is 618 g/mol. The van der Waals surface area contributed by atoms with Gasteiger partial charge in [0, 0.05) is 37.3 Å². The third-order valence-corrected chi connectivity index (χ3v) is 8.14.